The van der Waals surface area contributed by atoms with Crippen molar-refractivity contribution in [3.63, 3.8) is 0 Å². The summed E-state index contributed by atoms with van der Waals surface area (Å²) in [6.07, 6.45) is 0. The number of halogens is 1. The molecule has 0 bridgehead atoms. The van der Waals surface area contributed by atoms with Crippen molar-refractivity contribution >= 4 is 46.1 Å². The Labute approximate surface area is 177 Å². The molecule has 1 aromatic heterocycles. The van der Waals surface area contributed by atoms with Gasteiger partial charge >= 0.3 is 0 Å². The summed E-state index contributed by atoms with van der Waals surface area (Å²) in [5.74, 6) is -1.55. The number of aryl methyl sites for hydroxylation is 1. The molecular weight excluding hydrogens is 406 g/mol. The molecule has 1 N–H and O–H groups in total. The van der Waals surface area contributed by atoms with Crippen LogP contribution < -0.4 is 4.90 Å². The standard InChI is InChI=1S/C23H18ClNO3S/c1-13-5-3-6-17(14(13)2)25-20(18-7-4-12-29-18)19(22(27)23(25)28)21(26)15-8-10-16(24)11-9-15/h3-12,20,26H,1-2H3/b21-19-. The molecule has 2 aromatic carbocycles. The minimum absolute atomic E-state index is 0.0840. The number of ketones is 1. The SMILES string of the molecule is Cc1cccc(N2C(=O)C(=O)/C(=C(\O)c3ccc(Cl)cc3)C2c2cccs2)c1C. The molecule has 3 aromatic rings. The van der Waals surface area contributed by atoms with E-state index in [9.17, 15) is 14.7 Å². The highest BCUT2D eigenvalue weighted by Gasteiger charge is 2.47. The lowest BCUT2D eigenvalue weighted by atomic mass is 9.99. The van der Waals surface area contributed by atoms with E-state index in [0.717, 1.165) is 16.0 Å². The van der Waals surface area contributed by atoms with Crippen LogP contribution in [0.1, 0.15) is 27.6 Å². The first-order chi connectivity index (χ1) is 13.9. The average Bonchev–Trinajstić information content (AvgIpc) is 3.32. The molecule has 6 heteroatoms. The zero-order chi connectivity index (χ0) is 20.7. The maximum atomic E-state index is 13.1. The van der Waals surface area contributed by atoms with Gasteiger partial charge in [-0.25, -0.2) is 0 Å². The number of nitrogens with zero attached hydrogens (tertiary/aromatic N) is 1. The predicted molar refractivity (Wildman–Crippen MR) is 116 cm³/mol. The molecular formula is C23H18ClNO3S. The van der Waals surface area contributed by atoms with Gasteiger partial charge in [-0.2, -0.15) is 0 Å². The number of amides is 1. The first-order valence-corrected chi connectivity index (χ1v) is 10.3. The van der Waals surface area contributed by atoms with Gasteiger partial charge in [0.2, 0.25) is 0 Å². The number of aliphatic hydroxyl groups excluding tert-OH is 1. The topological polar surface area (TPSA) is 57.6 Å². The highest BCUT2D eigenvalue weighted by molar-refractivity contribution is 7.10. The first-order valence-electron chi connectivity index (χ1n) is 9.06. The molecule has 0 aliphatic carbocycles. The lowest BCUT2D eigenvalue weighted by Crippen LogP contribution is -2.29. The second-order valence-corrected chi connectivity index (χ2v) is 8.33. The number of thiophene rings is 1. The van der Waals surface area contributed by atoms with E-state index < -0.39 is 17.7 Å². The van der Waals surface area contributed by atoms with Crippen LogP contribution in [0, 0.1) is 13.8 Å². The van der Waals surface area contributed by atoms with Gasteiger partial charge in [-0.1, -0.05) is 29.8 Å². The summed E-state index contributed by atoms with van der Waals surface area (Å²) in [4.78, 5) is 28.4. The predicted octanol–water partition coefficient (Wildman–Crippen LogP) is 5.64. The number of benzene rings is 2. The van der Waals surface area contributed by atoms with Crippen molar-refractivity contribution in [3.8, 4) is 0 Å². The summed E-state index contributed by atoms with van der Waals surface area (Å²) in [5.41, 5.74) is 3.13. The lowest BCUT2D eigenvalue weighted by Gasteiger charge is -2.26. The van der Waals surface area contributed by atoms with Crippen molar-refractivity contribution < 1.29 is 14.7 Å². The van der Waals surface area contributed by atoms with E-state index in [-0.39, 0.29) is 11.3 Å². The average molecular weight is 424 g/mol. The number of carbonyl (C=O) groups is 2. The maximum absolute atomic E-state index is 13.1. The molecule has 29 heavy (non-hydrogen) atoms. The Bertz CT molecular complexity index is 1130. The monoisotopic (exact) mass is 423 g/mol. The molecule has 1 atom stereocenters. The van der Waals surface area contributed by atoms with Crippen LogP contribution in [0.4, 0.5) is 5.69 Å². The van der Waals surface area contributed by atoms with E-state index in [0.29, 0.717) is 16.3 Å². The second-order valence-electron chi connectivity index (χ2n) is 6.91. The normalized spacial score (nSPS) is 18.4. The molecule has 2 heterocycles. The number of Topliss-reactive ketones (excluding diaryl/α,β-unsaturated/α-hetero) is 1. The Morgan fingerprint density at radius 3 is 2.41 bits per heavy atom. The second kappa shape index (κ2) is 7.50. The minimum Gasteiger partial charge on any atom is -0.507 e. The van der Waals surface area contributed by atoms with Crippen molar-refractivity contribution in [3.05, 3.63) is 92.1 Å². The Hall–Kier alpha value is -2.89. The first kappa shape index (κ1) is 19.4. The fourth-order valence-electron chi connectivity index (χ4n) is 3.56. The molecule has 146 valence electrons. The number of anilines is 1. The summed E-state index contributed by atoms with van der Waals surface area (Å²) < 4.78 is 0. The van der Waals surface area contributed by atoms with E-state index in [1.54, 1.807) is 24.3 Å². The fourth-order valence-corrected chi connectivity index (χ4v) is 4.51. The van der Waals surface area contributed by atoms with Gasteiger partial charge in [0, 0.05) is 21.2 Å². The number of carbonyl (C=O) groups excluding carboxylic acids is 2. The van der Waals surface area contributed by atoms with Crippen LogP contribution in [-0.2, 0) is 9.59 Å². The van der Waals surface area contributed by atoms with Crippen LogP contribution in [0.2, 0.25) is 5.02 Å². The summed E-state index contributed by atoms with van der Waals surface area (Å²) in [6.45, 7) is 3.89. The zero-order valence-corrected chi connectivity index (χ0v) is 17.4. The van der Waals surface area contributed by atoms with Crippen molar-refractivity contribution in [2.45, 2.75) is 19.9 Å². The fraction of sp³-hybridized carbons (Fsp3) is 0.130. The molecule has 1 saturated heterocycles. The van der Waals surface area contributed by atoms with Crippen LogP contribution in [0.15, 0.2) is 65.6 Å². The van der Waals surface area contributed by atoms with Gasteiger partial charge in [0.1, 0.15) is 11.8 Å². The molecule has 1 fully saturated rings. The van der Waals surface area contributed by atoms with Crippen LogP contribution in [0.25, 0.3) is 5.76 Å². The van der Waals surface area contributed by atoms with Crippen molar-refractivity contribution in [1.82, 2.24) is 0 Å². The van der Waals surface area contributed by atoms with E-state index in [1.807, 2.05) is 49.6 Å². The Balaban J connectivity index is 1.95. The van der Waals surface area contributed by atoms with Crippen LogP contribution in [0.5, 0.6) is 0 Å². The molecule has 1 unspecified atom stereocenters. The van der Waals surface area contributed by atoms with Gasteiger partial charge in [-0.05, 0) is 66.8 Å². The molecule has 0 spiro atoms. The number of hydrogen-bond acceptors (Lipinski definition) is 4. The summed E-state index contributed by atoms with van der Waals surface area (Å²) in [6, 6.07) is 15.2. The summed E-state index contributed by atoms with van der Waals surface area (Å²) in [5, 5.41) is 13.4. The van der Waals surface area contributed by atoms with Gasteiger partial charge in [0.25, 0.3) is 11.7 Å². The Morgan fingerprint density at radius 2 is 1.76 bits per heavy atom. The molecule has 1 aliphatic rings. The van der Waals surface area contributed by atoms with Crippen molar-refractivity contribution in [2.24, 2.45) is 0 Å². The van der Waals surface area contributed by atoms with Gasteiger partial charge in [-0.15, -0.1) is 11.3 Å². The molecule has 0 radical (unpaired) electrons. The van der Waals surface area contributed by atoms with Crippen molar-refractivity contribution in [2.75, 3.05) is 4.90 Å². The summed E-state index contributed by atoms with van der Waals surface area (Å²) >= 11 is 7.39. The van der Waals surface area contributed by atoms with Gasteiger partial charge in [0.15, 0.2) is 0 Å². The van der Waals surface area contributed by atoms with E-state index >= 15 is 0 Å². The molecule has 4 nitrogen and oxygen atoms in total. The third kappa shape index (κ3) is 3.26. The third-order valence-electron chi connectivity index (χ3n) is 5.21. The largest absolute Gasteiger partial charge is 0.507 e. The zero-order valence-electron chi connectivity index (χ0n) is 15.8. The van der Waals surface area contributed by atoms with Gasteiger partial charge in [-0.3, -0.25) is 14.5 Å². The quantitative estimate of drug-likeness (QED) is 0.336. The van der Waals surface area contributed by atoms with Crippen LogP contribution >= 0.6 is 22.9 Å². The Morgan fingerprint density at radius 1 is 1.03 bits per heavy atom. The van der Waals surface area contributed by atoms with Gasteiger partial charge < -0.3 is 5.11 Å². The molecule has 1 aliphatic heterocycles. The molecule has 1 amide bonds. The van der Waals surface area contributed by atoms with Crippen LogP contribution in [-0.4, -0.2) is 16.8 Å². The maximum Gasteiger partial charge on any atom is 0.300 e. The third-order valence-corrected chi connectivity index (χ3v) is 6.39. The molecule has 0 saturated carbocycles. The Kier molecular flexibility index (Phi) is 5.03. The number of aliphatic hydroxyl groups is 1. The minimum atomic E-state index is -0.697. The number of rotatable bonds is 3. The van der Waals surface area contributed by atoms with Crippen molar-refractivity contribution in [1.29, 1.82) is 0 Å². The highest BCUT2D eigenvalue weighted by Crippen LogP contribution is 2.44. The smallest absolute Gasteiger partial charge is 0.300 e. The van der Waals surface area contributed by atoms with E-state index in [2.05, 4.69) is 0 Å². The van der Waals surface area contributed by atoms with E-state index in [1.165, 1.54) is 16.2 Å². The lowest BCUT2D eigenvalue weighted by molar-refractivity contribution is -0.132. The number of hydrogen-bond donors (Lipinski definition) is 1. The van der Waals surface area contributed by atoms with Gasteiger partial charge in [0.05, 0.1) is 5.57 Å². The summed E-state index contributed by atoms with van der Waals surface area (Å²) in [7, 11) is 0. The van der Waals surface area contributed by atoms with Crippen LogP contribution in [0.3, 0.4) is 0 Å². The molecule has 4 rings (SSSR count). The highest BCUT2D eigenvalue weighted by atomic mass is 35.5. The van der Waals surface area contributed by atoms with E-state index in [4.69, 9.17) is 11.6 Å².